The van der Waals surface area contributed by atoms with Gasteiger partial charge in [-0.3, -0.25) is 0 Å². The lowest BCUT2D eigenvalue weighted by Crippen LogP contribution is -2.31. The molecule has 2 aromatic carbocycles. The number of nitrogens with one attached hydrogen (secondary N) is 1. The molecule has 2 aromatic rings. The fraction of sp³-hybridized carbons (Fsp3) is 0.292. The highest BCUT2D eigenvalue weighted by Gasteiger charge is 2.28. The van der Waals surface area contributed by atoms with Gasteiger partial charge < -0.3 is 10.2 Å². The summed E-state index contributed by atoms with van der Waals surface area (Å²) in [6.07, 6.45) is 8.26. The topological polar surface area (TPSA) is 15.3 Å². The highest BCUT2D eigenvalue weighted by Crippen LogP contribution is 2.37. The van der Waals surface area contributed by atoms with Gasteiger partial charge >= 0.3 is 0 Å². The van der Waals surface area contributed by atoms with Gasteiger partial charge in [-0.15, -0.1) is 0 Å². The van der Waals surface area contributed by atoms with Crippen LogP contribution in [0.2, 0.25) is 0 Å². The van der Waals surface area contributed by atoms with Crippen LogP contribution in [0.25, 0.3) is 6.08 Å². The summed E-state index contributed by atoms with van der Waals surface area (Å²) in [6, 6.07) is 18.8. The SMILES string of the molecule is S=C(Nc1ccccc1)C1=C(N2CCCCC2)C(=Cc2ccc(Br)cc2)CC1. The van der Waals surface area contributed by atoms with E-state index in [1.807, 2.05) is 18.2 Å². The van der Waals surface area contributed by atoms with E-state index in [1.165, 1.54) is 41.7 Å². The standard InChI is InChI=1S/C24H25BrN2S/c25-20-12-9-18(10-13-20)17-19-11-14-22(23(19)27-15-5-2-6-16-27)24(28)26-21-7-3-1-4-8-21/h1,3-4,7-10,12-13,17H,2,5-6,11,14-16H2,(H,26,28). The number of hydrogen-bond donors (Lipinski definition) is 1. The lowest BCUT2D eigenvalue weighted by atomic mass is 10.0. The van der Waals surface area contributed by atoms with Crippen molar-refractivity contribution in [2.24, 2.45) is 0 Å². The number of thiocarbonyl (C=S) groups is 1. The second-order valence-electron chi connectivity index (χ2n) is 7.42. The average Bonchev–Trinajstić information content (AvgIpc) is 3.15. The van der Waals surface area contributed by atoms with E-state index in [1.54, 1.807) is 0 Å². The summed E-state index contributed by atoms with van der Waals surface area (Å²) in [4.78, 5) is 3.43. The quantitative estimate of drug-likeness (QED) is 0.512. The van der Waals surface area contributed by atoms with Gasteiger partial charge in [-0.1, -0.05) is 58.5 Å². The third-order valence-corrected chi connectivity index (χ3v) is 6.30. The number of anilines is 1. The van der Waals surface area contributed by atoms with Crippen molar-refractivity contribution in [2.75, 3.05) is 18.4 Å². The van der Waals surface area contributed by atoms with Crippen molar-refractivity contribution in [3.05, 3.63) is 81.5 Å². The minimum atomic E-state index is 0.867. The van der Waals surface area contributed by atoms with Crippen LogP contribution in [-0.4, -0.2) is 23.0 Å². The molecule has 0 bridgehead atoms. The Labute approximate surface area is 181 Å². The molecule has 1 heterocycles. The molecule has 0 spiro atoms. The maximum Gasteiger partial charge on any atom is 0.108 e. The van der Waals surface area contributed by atoms with E-state index in [4.69, 9.17) is 12.2 Å². The minimum Gasteiger partial charge on any atom is -0.371 e. The Morgan fingerprint density at radius 2 is 1.64 bits per heavy atom. The van der Waals surface area contributed by atoms with Gasteiger partial charge in [-0.2, -0.15) is 0 Å². The first-order valence-corrected chi connectivity index (χ1v) is 11.2. The number of nitrogens with zero attached hydrogens (tertiary/aromatic N) is 1. The number of allylic oxidation sites excluding steroid dienone is 1. The summed E-state index contributed by atoms with van der Waals surface area (Å²) >= 11 is 9.38. The van der Waals surface area contributed by atoms with Crippen LogP contribution in [-0.2, 0) is 0 Å². The van der Waals surface area contributed by atoms with Crippen LogP contribution in [0.1, 0.15) is 37.7 Å². The fourth-order valence-electron chi connectivity index (χ4n) is 4.05. The van der Waals surface area contributed by atoms with Crippen LogP contribution in [0.3, 0.4) is 0 Å². The van der Waals surface area contributed by atoms with Crippen LogP contribution in [0.4, 0.5) is 5.69 Å². The molecule has 144 valence electrons. The number of piperidine rings is 1. The summed E-state index contributed by atoms with van der Waals surface area (Å²) < 4.78 is 1.11. The van der Waals surface area contributed by atoms with Crippen molar-refractivity contribution in [3.63, 3.8) is 0 Å². The fourth-order valence-corrected chi connectivity index (χ4v) is 4.63. The smallest absolute Gasteiger partial charge is 0.108 e. The molecule has 0 saturated carbocycles. The molecule has 1 saturated heterocycles. The summed E-state index contributed by atoms with van der Waals surface area (Å²) in [6.45, 7) is 2.26. The van der Waals surface area contributed by atoms with Crippen molar-refractivity contribution < 1.29 is 0 Å². The molecule has 4 rings (SSSR count). The van der Waals surface area contributed by atoms with Crippen LogP contribution in [0, 0.1) is 0 Å². The third-order valence-electron chi connectivity index (χ3n) is 5.42. The molecule has 2 aliphatic rings. The van der Waals surface area contributed by atoms with Crippen LogP contribution in [0.5, 0.6) is 0 Å². The lowest BCUT2D eigenvalue weighted by Gasteiger charge is -2.32. The lowest BCUT2D eigenvalue weighted by molar-refractivity contribution is 0.290. The second kappa shape index (κ2) is 9.06. The first-order chi connectivity index (χ1) is 13.7. The molecular weight excluding hydrogens is 428 g/mol. The Morgan fingerprint density at radius 3 is 2.36 bits per heavy atom. The highest BCUT2D eigenvalue weighted by molar-refractivity contribution is 9.10. The summed E-state index contributed by atoms with van der Waals surface area (Å²) in [5, 5.41) is 3.46. The maximum atomic E-state index is 5.85. The number of para-hydroxylation sites is 1. The third kappa shape index (κ3) is 4.56. The molecule has 1 aliphatic carbocycles. The Morgan fingerprint density at radius 1 is 0.929 bits per heavy atom. The Kier molecular flexibility index (Phi) is 6.28. The van der Waals surface area contributed by atoms with Crippen molar-refractivity contribution >= 4 is 44.9 Å². The molecule has 1 N–H and O–H groups in total. The number of likely N-dealkylation sites (tertiary alicyclic amines) is 1. The molecule has 1 fully saturated rings. The minimum absolute atomic E-state index is 0.867. The van der Waals surface area contributed by atoms with Crippen molar-refractivity contribution in [1.82, 2.24) is 4.90 Å². The first-order valence-electron chi connectivity index (χ1n) is 10.0. The average molecular weight is 453 g/mol. The Bertz CT molecular complexity index is 894. The van der Waals surface area contributed by atoms with Gasteiger partial charge in [0.1, 0.15) is 4.99 Å². The van der Waals surface area contributed by atoms with Gasteiger partial charge in [0.2, 0.25) is 0 Å². The number of halogens is 1. The number of rotatable bonds is 4. The van der Waals surface area contributed by atoms with E-state index in [2.05, 4.69) is 68.6 Å². The van der Waals surface area contributed by atoms with Crippen LogP contribution < -0.4 is 5.32 Å². The maximum absolute atomic E-state index is 5.85. The van der Waals surface area contributed by atoms with Gasteiger partial charge in [-0.05, 0) is 73.6 Å². The van der Waals surface area contributed by atoms with E-state index in [-0.39, 0.29) is 0 Å². The van der Waals surface area contributed by atoms with E-state index in [0.717, 1.165) is 41.1 Å². The molecular formula is C24H25BrN2S. The molecule has 2 nitrogen and oxygen atoms in total. The largest absolute Gasteiger partial charge is 0.371 e. The monoisotopic (exact) mass is 452 g/mol. The van der Waals surface area contributed by atoms with Crippen LogP contribution in [0.15, 0.2) is 75.9 Å². The predicted octanol–water partition coefficient (Wildman–Crippen LogP) is 6.81. The zero-order valence-corrected chi connectivity index (χ0v) is 18.4. The summed E-state index contributed by atoms with van der Waals surface area (Å²) in [7, 11) is 0. The van der Waals surface area contributed by atoms with Crippen LogP contribution >= 0.6 is 28.1 Å². The van der Waals surface area contributed by atoms with Crippen molar-refractivity contribution in [2.45, 2.75) is 32.1 Å². The molecule has 0 unspecified atom stereocenters. The van der Waals surface area contributed by atoms with Gasteiger partial charge in [0, 0.05) is 34.5 Å². The Hall–Kier alpha value is -1.91. The van der Waals surface area contributed by atoms with Gasteiger partial charge in [-0.25, -0.2) is 0 Å². The van der Waals surface area contributed by atoms with E-state index in [9.17, 15) is 0 Å². The molecule has 0 aromatic heterocycles. The van der Waals surface area contributed by atoms with E-state index < -0.39 is 0 Å². The normalized spacial score (nSPS) is 18.6. The van der Waals surface area contributed by atoms with Gasteiger partial charge in [0.25, 0.3) is 0 Å². The Balaban J connectivity index is 1.67. The summed E-state index contributed by atoms with van der Waals surface area (Å²) in [5.41, 5.74) is 6.39. The van der Waals surface area contributed by atoms with E-state index >= 15 is 0 Å². The van der Waals surface area contributed by atoms with Gasteiger partial charge in [0.15, 0.2) is 0 Å². The van der Waals surface area contributed by atoms with Gasteiger partial charge in [0.05, 0.1) is 0 Å². The van der Waals surface area contributed by atoms with Crippen molar-refractivity contribution in [3.8, 4) is 0 Å². The molecule has 4 heteroatoms. The summed E-state index contributed by atoms with van der Waals surface area (Å²) in [5.74, 6) is 0. The molecule has 28 heavy (non-hydrogen) atoms. The van der Waals surface area contributed by atoms with E-state index in [0.29, 0.717) is 0 Å². The highest BCUT2D eigenvalue weighted by atomic mass is 79.9. The number of hydrogen-bond acceptors (Lipinski definition) is 2. The number of benzene rings is 2. The second-order valence-corrected chi connectivity index (χ2v) is 8.74. The zero-order valence-electron chi connectivity index (χ0n) is 16.0. The molecule has 1 aliphatic heterocycles. The zero-order chi connectivity index (χ0) is 19.3. The molecule has 0 amide bonds. The van der Waals surface area contributed by atoms with Crippen molar-refractivity contribution in [1.29, 1.82) is 0 Å². The molecule has 0 radical (unpaired) electrons. The first kappa shape index (κ1) is 19.4. The molecule has 0 atom stereocenters. The predicted molar refractivity (Wildman–Crippen MR) is 126 cm³/mol.